The first-order valence-corrected chi connectivity index (χ1v) is 9.29. The summed E-state index contributed by atoms with van der Waals surface area (Å²) in [5.74, 6) is 1.78. The van der Waals surface area contributed by atoms with Gasteiger partial charge in [-0.05, 0) is 31.5 Å². The number of amides is 1. The number of likely N-dealkylation sites (N-methyl/N-ethyl adjacent to an activating group) is 1. The highest BCUT2D eigenvalue weighted by Crippen LogP contribution is 2.25. The minimum Gasteiger partial charge on any atom is -0.352 e. The molecule has 0 bridgehead atoms. The van der Waals surface area contributed by atoms with Crippen LogP contribution in [0.4, 0.5) is 5.82 Å². The maximum absolute atomic E-state index is 11.5. The van der Waals surface area contributed by atoms with Crippen molar-refractivity contribution in [3.05, 3.63) is 17.8 Å². The molecule has 0 N–H and O–H groups in total. The van der Waals surface area contributed by atoms with E-state index in [4.69, 9.17) is 0 Å². The van der Waals surface area contributed by atoms with Crippen molar-refractivity contribution in [1.82, 2.24) is 20.0 Å². The van der Waals surface area contributed by atoms with E-state index in [1.165, 1.54) is 0 Å². The Labute approximate surface area is 151 Å². The second-order valence-electron chi connectivity index (χ2n) is 8.64. The van der Waals surface area contributed by atoms with Crippen LogP contribution in [0.1, 0.15) is 39.8 Å². The van der Waals surface area contributed by atoms with Crippen molar-refractivity contribution >= 4 is 11.7 Å². The van der Waals surface area contributed by atoms with Crippen molar-refractivity contribution in [3.63, 3.8) is 0 Å². The molecule has 2 aliphatic rings. The van der Waals surface area contributed by atoms with Crippen LogP contribution in [0.2, 0.25) is 0 Å². The smallest absolute Gasteiger partial charge is 0.219 e. The number of hydrogen-bond acceptors (Lipinski definition) is 5. The topological polar surface area (TPSA) is 52.6 Å². The zero-order chi connectivity index (χ0) is 18.2. The number of hydrogen-bond donors (Lipinski definition) is 0. The molecular formula is C19H31N5O. The molecule has 0 spiro atoms. The highest BCUT2D eigenvalue weighted by Gasteiger charge is 2.33. The molecule has 2 aliphatic heterocycles. The molecular weight excluding hydrogens is 314 g/mol. The molecule has 0 radical (unpaired) electrons. The summed E-state index contributed by atoms with van der Waals surface area (Å²) in [5.41, 5.74) is 1.07. The third-order valence-corrected chi connectivity index (χ3v) is 5.51. The van der Waals surface area contributed by atoms with E-state index in [0.29, 0.717) is 12.0 Å². The SMILES string of the molecule is CC(=O)N1CCC(CN(C)C2CN(c3ccc(C(C)(C)C)nn3)C2)C1. The highest BCUT2D eigenvalue weighted by atomic mass is 16.2. The third-order valence-electron chi connectivity index (χ3n) is 5.51. The van der Waals surface area contributed by atoms with Crippen molar-refractivity contribution in [2.75, 3.05) is 44.7 Å². The summed E-state index contributed by atoms with van der Waals surface area (Å²) in [6.07, 6.45) is 1.13. The summed E-state index contributed by atoms with van der Waals surface area (Å²) in [7, 11) is 2.20. The van der Waals surface area contributed by atoms with E-state index in [9.17, 15) is 4.79 Å². The van der Waals surface area contributed by atoms with Gasteiger partial charge in [-0.3, -0.25) is 9.69 Å². The number of aromatic nitrogens is 2. The van der Waals surface area contributed by atoms with E-state index in [1.807, 2.05) is 4.90 Å². The number of nitrogens with zero attached hydrogens (tertiary/aromatic N) is 5. The fourth-order valence-corrected chi connectivity index (χ4v) is 3.64. The average Bonchev–Trinajstić information content (AvgIpc) is 2.94. The highest BCUT2D eigenvalue weighted by molar-refractivity contribution is 5.73. The van der Waals surface area contributed by atoms with E-state index < -0.39 is 0 Å². The largest absolute Gasteiger partial charge is 0.352 e. The van der Waals surface area contributed by atoms with Crippen LogP contribution in [0.3, 0.4) is 0 Å². The lowest BCUT2D eigenvalue weighted by atomic mass is 9.92. The zero-order valence-corrected chi connectivity index (χ0v) is 16.2. The molecule has 3 heterocycles. The Morgan fingerprint density at radius 3 is 2.48 bits per heavy atom. The normalized spacial score (nSPS) is 21.8. The van der Waals surface area contributed by atoms with E-state index >= 15 is 0 Å². The van der Waals surface area contributed by atoms with Gasteiger partial charge in [-0.15, -0.1) is 5.10 Å². The minimum absolute atomic E-state index is 0.0399. The third kappa shape index (κ3) is 4.11. The Morgan fingerprint density at radius 1 is 1.24 bits per heavy atom. The van der Waals surface area contributed by atoms with Gasteiger partial charge < -0.3 is 9.80 Å². The van der Waals surface area contributed by atoms with Gasteiger partial charge in [-0.1, -0.05) is 20.8 Å². The van der Waals surface area contributed by atoms with Gasteiger partial charge in [0.1, 0.15) is 0 Å². The van der Waals surface area contributed by atoms with Crippen LogP contribution in [0.15, 0.2) is 12.1 Å². The molecule has 25 heavy (non-hydrogen) atoms. The van der Waals surface area contributed by atoms with E-state index in [1.54, 1.807) is 6.92 Å². The van der Waals surface area contributed by atoms with Crippen molar-refractivity contribution in [3.8, 4) is 0 Å². The maximum atomic E-state index is 11.5. The predicted octanol–water partition coefficient (Wildman–Crippen LogP) is 1.76. The van der Waals surface area contributed by atoms with Crippen molar-refractivity contribution in [2.45, 2.75) is 45.6 Å². The molecule has 1 atom stereocenters. The molecule has 1 aromatic rings. The molecule has 2 saturated heterocycles. The molecule has 138 valence electrons. The average molecular weight is 345 g/mol. The first-order chi connectivity index (χ1) is 11.7. The molecule has 6 heteroatoms. The summed E-state index contributed by atoms with van der Waals surface area (Å²) in [6, 6.07) is 4.75. The second kappa shape index (κ2) is 6.90. The van der Waals surface area contributed by atoms with Crippen LogP contribution in [0.25, 0.3) is 0 Å². The van der Waals surface area contributed by atoms with Crippen LogP contribution in [0, 0.1) is 5.92 Å². The van der Waals surface area contributed by atoms with Crippen molar-refractivity contribution < 1.29 is 4.79 Å². The molecule has 1 aromatic heterocycles. The van der Waals surface area contributed by atoms with Gasteiger partial charge in [0.05, 0.1) is 5.69 Å². The van der Waals surface area contributed by atoms with Crippen LogP contribution in [-0.2, 0) is 10.2 Å². The predicted molar refractivity (Wildman–Crippen MR) is 99.7 cm³/mol. The molecule has 2 fully saturated rings. The first-order valence-electron chi connectivity index (χ1n) is 9.29. The number of carbonyl (C=O) groups excluding carboxylic acids is 1. The van der Waals surface area contributed by atoms with Gasteiger partial charge in [-0.25, -0.2) is 0 Å². The summed E-state index contributed by atoms with van der Waals surface area (Å²) < 4.78 is 0. The summed E-state index contributed by atoms with van der Waals surface area (Å²) >= 11 is 0. The number of carbonyl (C=O) groups is 1. The van der Waals surface area contributed by atoms with Gasteiger partial charge in [0.2, 0.25) is 5.91 Å². The van der Waals surface area contributed by atoms with Gasteiger partial charge in [0.15, 0.2) is 5.82 Å². The lowest BCUT2D eigenvalue weighted by Gasteiger charge is -2.45. The fraction of sp³-hybridized carbons (Fsp3) is 0.737. The Morgan fingerprint density at radius 2 is 1.96 bits per heavy atom. The molecule has 0 aromatic carbocycles. The van der Waals surface area contributed by atoms with Gasteiger partial charge in [0.25, 0.3) is 0 Å². The van der Waals surface area contributed by atoms with Crippen molar-refractivity contribution in [1.29, 1.82) is 0 Å². The number of anilines is 1. The van der Waals surface area contributed by atoms with E-state index in [-0.39, 0.29) is 11.3 Å². The zero-order valence-electron chi connectivity index (χ0n) is 16.2. The summed E-state index contributed by atoms with van der Waals surface area (Å²) in [5, 5.41) is 8.79. The van der Waals surface area contributed by atoms with Gasteiger partial charge in [0, 0.05) is 51.1 Å². The maximum Gasteiger partial charge on any atom is 0.219 e. The van der Waals surface area contributed by atoms with E-state index in [0.717, 1.165) is 50.7 Å². The lowest BCUT2D eigenvalue weighted by molar-refractivity contribution is -0.127. The molecule has 1 amide bonds. The monoisotopic (exact) mass is 345 g/mol. The molecule has 3 rings (SSSR count). The van der Waals surface area contributed by atoms with Gasteiger partial charge >= 0.3 is 0 Å². The Balaban J connectivity index is 1.46. The first kappa shape index (κ1) is 18.1. The minimum atomic E-state index is 0.0399. The summed E-state index contributed by atoms with van der Waals surface area (Å²) in [4.78, 5) is 18.2. The van der Waals surface area contributed by atoms with E-state index in [2.05, 4.69) is 59.9 Å². The Hall–Kier alpha value is -1.69. The van der Waals surface area contributed by atoms with Gasteiger partial charge in [-0.2, -0.15) is 5.10 Å². The molecule has 1 unspecified atom stereocenters. The van der Waals surface area contributed by atoms with Crippen LogP contribution in [-0.4, -0.2) is 71.7 Å². The van der Waals surface area contributed by atoms with Crippen LogP contribution < -0.4 is 4.90 Å². The molecule has 6 nitrogen and oxygen atoms in total. The number of rotatable bonds is 4. The molecule has 0 saturated carbocycles. The quantitative estimate of drug-likeness (QED) is 0.832. The lowest BCUT2D eigenvalue weighted by Crippen LogP contribution is -2.59. The second-order valence-corrected chi connectivity index (χ2v) is 8.64. The Kier molecular flexibility index (Phi) is 5.00. The fourth-order valence-electron chi connectivity index (χ4n) is 3.64. The number of likely N-dealkylation sites (tertiary alicyclic amines) is 1. The standard InChI is InChI=1S/C19H31N5O/c1-14(25)23-9-8-15(11-23)10-22(5)16-12-24(13-16)18-7-6-17(20-21-18)19(2,3)4/h6-7,15-16H,8-13H2,1-5H3. The van der Waals surface area contributed by atoms with Crippen molar-refractivity contribution in [2.24, 2.45) is 5.92 Å². The van der Waals surface area contributed by atoms with Crippen LogP contribution in [0.5, 0.6) is 0 Å². The summed E-state index contributed by atoms with van der Waals surface area (Å²) in [6.45, 7) is 13.0. The Bertz CT molecular complexity index is 603. The van der Waals surface area contributed by atoms with Crippen LogP contribution >= 0.6 is 0 Å². The molecule has 0 aliphatic carbocycles.